The van der Waals surface area contributed by atoms with Crippen molar-refractivity contribution in [3.8, 4) is 5.75 Å². The second kappa shape index (κ2) is 7.64. The summed E-state index contributed by atoms with van der Waals surface area (Å²) in [6.07, 6.45) is 2.50. The molecule has 0 unspecified atom stereocenters. The molecular formula is C15H22ClN3O2. The summed E-state index contributed by atoms with van der Waals surface area (Å²) in [5.74, 6) is 0.727. The summed E-state index contributed by atoms with van der Waals surface area (Å²) < 4.78 is 5.75. The second-order valence-electron chi connectivity index (χ2n) is 5.33. The van der Waals surface area contributed by atoms with E-state index in [9.17, 15) is 4.79 Å². The van der Waals surface area contributed by atoms with Gasteiger partial charge in [-0.25, -0.2) is 0 Å². The lowest BCUT2D eigenvalue weighted by Crippen LogP contribution is -2.59. The molecule has 0 aromatic heterocycles. The maximum Gasteiger partial charge on any atom is 0.239 e. The number of hydrogen-bond donors (Lipinski definition) is 2. The number of unbranched alkanes of at least 4 members (excludes halogenated alkanes) is 1. The smallest absolute Gasteiger partial charge is 0.239 e. The molecule has 1 heterocycles. The average molecular weight is 312 g/mol. The first-order chi connectivity index (χ1) is 10.1. The number of halogens is 1. The zero-order valence-corrected chi connectivity index (χ0v) is 12.8. The highest BCUT2D eigenvalue weighted by Crippen LogP contribution is 2.22. The molecule has 4 N–H and O–H groups in total. The van der Waals surface area contributed by atoms with E-state index in [1.807, 2.05) is 12.1 Å². The molecule has 1 aromatic rings. The molecule has 0 bridgehead atoms. The van der Waals surface area contributed by atoms with Crippen LogP contribution in [0.2, 0.25) is 5.02 Å². The monoisotopic (exact) mass is 311 g/mol. The van der Waals surface area contributed by atoms with Crippen molar-refractivity contribution in [3.63, 3.8) is 0 Å². The molecule has 1 aromatic carbocycles. The summed E-state index contributed by atoms with van der Waals surface area (Å²) in [4.78, 5) is 13.8. The highest BCUT2D eigenvalue weighted by atomic mass is 35.5. The normalized spacial score (nSPS) is 16.4. The SMILES string of the molecule is NCCCC[C@H](N)C(=O)N1CC(Oc2cccc(Cl)c2)C1. The predicted octanol–water partition coefficient (Wildman–Crippen LogP) is 1.39. The molecule has 0 spiro atoms. The summed E-state index contributed by atoms with van der Waals surface area (Å²) in [7, 11) is 0. The Labute approximate surface area is 130 Å². The van der Waals surface area contributed by atoms with Crippen LogP contribution in [0.4, 0.5) is 0 Å². The maximum absolute atomic E-state index is 12.1. The molecule has 6 heteroatoms. The summed E-state index contributed by atoms with van der Waals surface area (Å²) in [6, 6.07) is 6.83. The standard InChI is InChI=1S/C15H22ClN3O2/c16-11-4-3-5-12(8-11)21-13-9-19(10-13)15(20)14(18)6-1-2-7-17/h3-5,8,13-14H,1-2,6-7,9-10,17-18H2/t14-/m0/s1. The molecule has 1 aliphatic rings. The van der Waals surface area contributed by atoms with Crippen molar-refractivity contribution in [3.05, 3.63) is 29.3 Å². The lowest BCUT2D eigenvalue weighted by molar-refractivity contribution is -0.141. The van der Waals surface area contributed by atoms with Gasteiger partial charge in [0.2, 0.25) is 5.91 Å². The van der Waals surface area contributed by atoms with Crippen LogP contribution in [0.3, 0.4) is 0 Å². The first-order valence-corrected chi connectivity index (χ1v) is 7.64. The van der Waals surface area contributed by atoms with Gasteiger partial charge in [0.05, 0.1) is 19.1 Å². The Bertz CT molecular complexity index is 478. The fraction of sp³-hybridized carbons (Fsp3) is 0.533. The van der Waals surface area contributed by atoms with Gasteiger partial charge in [0, 0.05) is 5.02 Å². The summed E-state index contributed by atoms with van der Waals surface area (Å²) >= 11 is 5.90. The number of ether oxygens (including phenoxy) is 1. The molecule has 1 fully saturated rings. The van der Waals surface area contributed by atoms with Gasteiger partial charge in [-0.2, -0.15) is 0 Å². The van der Waals surface area contributed by atoms with Gasteiger partial charge in [-0.05, 0) is 37.6 Å². The van der Waals surface area contributed by atoms with E-state index >= 15 is 0 Å². The minimum Gasteiger partial charge on any atom is -0.487 e. The number of carbonyl (C=O) groups is 1. The molecule has 5 nitrogen and oxygen atoms in total. The maximum atomic E-state index is 12.1. The van der Waals surface area contributed by atoms with E-state index in [-0.39, 0.29) is 12.0 Å². The highest BCUT2D eigenvalue weighted by Gasteiger charge is 2.34. The van der Waals surface area contributed by atoms with Crippen molar-refractivity contribution in [2.24, 2.45) is 11.5 Å². The minimum atomic E-state index is -0.427. The highest BCUT2D eigenvalue weighted by molar-refractivity contribution is 6.30. The van der Waals surface area contributed by atoms with Crippen LogP contribution in [-0.2, 0) is 4.79 Å². The van der Waals surface area contributed by atoms with Crippen molar-refractivity contribution < 1.29 is 9.53 Å². The second-order valence-corrected chi connectivity index (χ2v) is 5.77. The van der Waals surface area contributed by atoms with Gasteiger partial charge in [-0.1, -0.05) is 24.1 Å². The number of hydrogen-bond acceptors (Lipinski definition) is 4. The number of benzene rings is 1. The molecule has 116 valence electrons. The van der Waals surface area contributed by atoms with E-state index in [1.165, 1.54) is 0 Å². The predicted molar refractivity (Wildman–Crippen MR) is 83.3 cm³/mol. The van der Waals surface area contributed by atoms with E-state index in [4.69, 9.17) is 27.8 Å². The van der Waals surface area contributed by atoms with Crippen LogP contribution in [0, 0.1) is 0 Å². The minimum absolute atomic E-state index is 0.00188. The number of nitrogens with zero attached hydrogens (tertiary/aromatic N) is 1. The molecule has 1 amide bonds. The van der Waals surface area contributed by atoms with E-state index in [0.29, 0.717) is 31.1 Å². The molecule has 2 rings (SSSR count). The largest absolute Gasteiger partial charge is 0.487 e. The van der Waals surface area contributed by atoms with Crippen LogP contribution in [0.1, 0.15) is 19.3 Å². The Hall–Kier alpha value is -1.30. The summed E-state index contributed by atoms with van der Waals surface area (Å²) in [6.45, 7) is 1.80. The molecule has 0 saturated carbocycles. The molecular weight excluding hydrogens is 290 g/mol. The molecule has 1 atom stereocenters. The van der Waals surface area contributed by atoms with Crippen molar-refractivity contribution in [2.45, 2.75) is 31.4 Å². The van der Waals surface area contributed by atoms with Crippen LogP contribution < -0.4 is 16.2 Å². The van der Waals surface area contributed by atoms with Gasteiger partial charge in [-0.3, -0.25) is 4.79 Å². The zero-order chi connectivity index (χ0) is 15.2. The third-order valence-electron chi connectivity index (χ3n) is 3.54. The lowest BCUT2D eigenvalue weighted by Gasteiger charge is -2.40. The average Bonchev–Trinajstić information content (AvgIpc) is 2.42. The summed E-state index contributed by atoms with van der Waals surface area (Å²) in [5.41, 5.74) is 11.3. The summed E-state index contributed by atoms with van der Waals surface area (Å²) in [5, 5.41) is 0.640. The first kappa shape index (κ1) is 16.1. The fourth-order valence-electron chi connectivity index (χ4n) is 2.29. The van der Waals surface area contributed by atoms with Gasteiger partial charge < -0.3 is 21.1 Å². The van der Waals surface area contributed by atoms with E-state index in [2.05, 4.69) is 0 Å². The lowest BCUT2D eigenvalue weighted by atomic mass is 10.1. The fourth-order valence-corrected chi connectivity index (χ4v) is 2.47. The number of likely N-dealkylation sites (tertiary alicyclic amines) is 1. The molecule has 0 aliphatic carbocycles. The van der Waals surface area contributed by atoms with Crippen LogP contribution in [0.5, 0.6) is 5.75 Å². The zero-order valence-electron chi connectivity index (χ0n) is 12.0. The van der Waals surface area contributed by atoms with Gasteiger partial charge in [-0.15, -0.1) is 0 Å². The first-order valence-electron chi connectivity index (χ1n) is 7.27. The van der Waals surface area contributed by atoms with Gasteiger partial charge in [0.25, 0.3) is 0 Å². The van der Waals surface area contributed by atoms with E-state index in [0.717, 1.165) is 18.6 Å². The number of rotatable bonds is 7. The van der Waals surface area contributed by atoms with Crippen molar-refractivity contribution in [1.82, 2.24) is 4.90 Å². The molecule has 0 radical (unpaired) electrons. The van der Waals surface area contributed by atoms with Gasteiger partial charge in [0.15, 0.2) is 0 Å². The van der Waals surface area contributed by atoms with E-state index < -0.39 is 6.04 Å². The van der Waals surface area contributed by atoms with Crippen LogP contribution in [0.25, 0.3) is 0 Å². The quantitative estimate of drug-likeness (QED) is 0.746. The Kier molecular flexibility index (Phi) is 5.85. The van der Waals surface area contributed by atoms with Crippen molar-refractivity contribution in [2.75, 3.05) is 19.6 Å². The number of carbonyl (C=O) groups excluding carboxylic acids is 1. The third-order valence-corrected chi connectivity index (χ3v) is 3.78. The van der Waals surface area contributed by atoms with Crippen LogP contribution >= 0.6 is 11.6 Å². The van der Waals surface area contributed by atoms with Crippen molar-refractivity contribution >= 4 is 17.5 Å². The Morgan fingerprint density at radius 2 is 2.19 bits per heavy atom. The van der Waals surface area contributed by atoms with E-state index in [1.54, 1.807) is 17.0 Å². The Balaban J connectivity index is 1.72. The number of nitrogens with two attached hydrogens (primary N) is 2. The van der Waals surface area contributed by atoms with Crippen LogP contribution in [0.15, 0.2) is 24.3 Å². The van der Waals surface area contributed by atoms with Crippen molar-refractivity contribution in [1.29, 1.82) is 0 Å². The molecule has 1 saturated heterocycles. The van der Waals surface area contributed by atoms with Gasteiger partial charge >= 0.3 is 0 Å². The third kappa shape index (κ3) is 4.59. The van der Waals surface area contributed by atoms with Crippen LogP contribution in [-0.4, -0.2) is 42.6 Å². The molecule has 1 aliphatic heterocycles. The molecule has 21 heavy (non-hydrogen) atoms. The Morgan fingerprint density at radius 1 is 1.43 bits per heavy atom. The Morgan fingerprint density at radius 3 is 2.86 bits per heavy atom. The van der Waals surface area contributed by atoms with Gasteiger partial charge in [0.1, 0.15) is 11.9 Å². The topological polar surface area (TPSA) is 81.6 Å². The number of amides is 1.